The van der Waals surface area contributed by atoms with E-state index in [-0.39, 0.29) is 24.8 Å². The minimum atomic E-state index is -4.45. The highest BCUT2D eigenvalue weighted by atomic mass is 19.4. The molecule has 4 nitrogen and oxygen atoms in total. The number of carbonyl (C=O) groups is 1. The molecule has 0 radical (unpaired) electrons. The second-order valence-corrected chi connectivity index (χ2v) is 5.34. The van der Waals surface area contributed by atoms with Gasteiger partial charge in [0.25, 0.3) is 0 Å². The van der Waals surface area contributed by atoms with Crippen molar-refractivity contribution in [2.75, 3.05) is 18.4 Å². The van der Waals surface area contributed by atoms with Gasteiger partial charge in [-0.05, 0) is 18.6 Å². The highest BCUT2D eigenvalue weighted by Crippen LogP contribution is 2.33. The monoisotopic (exact) mass is 331 g/mol. The van der Waals surface area contributed by atoms with E-state index in [0.29, 0.717) is 6.42 Å². The van der Waals surface area contributed by atoms with Gasteiger partial charge in [-0.15, -0.1) is 0 Å². The lowest BCUT2D eigenvalue weighted by Gasteiger charge is -2.13. The summed E-state index contributed by atoms with van der Waals surface area (Å²) in [6.07, 6.45) is 2.65. The minimum absolute atomic E-state index is 0.0691. The summed E-state index contributed by atoms with van der Waals surface area (Å²) in [6.45, 7) is 2.59. The van der Waals surface area contributed by atoms with Crippen molar-refractivity contribution < 1.29 is 18.0 Å². The fourth-order valence-electron chi connectivity index (χ4n) is 2.14. The Morgan fingerprint density at radius 1 is 1.17 bits per heavy atom. The van der Waals surface area contributed by atoms with Crippen LogP contribution in [0, 0.1) is 0 Å². The number of amides is 1. The third-order valence-corrected chi connectivity index (χ3v) is 3.36. The number of hydrogen-bond acceptors (Lipinski definition) is 3. The van der Waals surface area contributed by atoms with Gasteiger partial charge in [0.1, 0.15) is 5.82 Å². The zero-order valence-corrected chi connectivity index (χ0v) is 13.4. The summed E-state index contributed by atoms with van der Waals surface area (Å²) in [5.74, 6) is -0.283. The number of anilines is 1. The minimum Gasteiger partial charge on any atom is -0.368 e. The van der Waals surface area contributed by atoms with Crippen molar-refractivity contribution in [3.63, 3.8) is 0 Å². The van der Waals surface area contributed by atoms with Crippen LogP contribution in [0.15, 0.2) is 18.3 Å². The van der Waals surface area contributed by atoms with Gasteiger partial charge in [-0.1, -0.05) is 32.6 Å². The quantitative estimate of drug-likeness (QED) is 0.638. The normalized spacial score (nSPS) is 11.3. The molecule has 0 spiro atoms. The van der Waals surface area contributed by atoms with Crippen LogP contribution in [-0.2, 0) is 11.0 Å². The summed E-state index contributed by atoms with van der Waals surface area (Å²) in [4.78, 5) is 15.3. The number of nitrogens with one attached hydrogen (secondary N) is 2. The van der Waals surface area contributed by atoms with E-state index in [1.807, 2.05) is 0 Å². The molecule has 0 aliphatic heterocycles. The Morgan fingerprint density at radius 3 is 2.61 bits per heavy atom. The van der Waals surface area contributed by atoms with Crippen LogP contribution in [0.3, 0.4) is 0 Å². The fraction of sp³-hybridized carbons (Fsp3) is 0.625. The van der Waals surface area contributed by atoms with E-state index < -0.39 is 11.7 Å². The molecule has 1 aromatic heterocycles. The number of carbonyl (C=O) groups excluding carboxylic acids is 1. The maximum Gasteiger partial charge on any atom is 0.419 e. The van der Waals surface area contributed by atoms with Crippen LogP contribution in [0.2, 0.25) is 0 Å². The van der Waals surface area contributed by atoms with Crippen molar-refractivity contribution >= 4 is 11.7 Å². The van der Waals surface area contributed by atoms with Gasteiger partial charge in [0, 0.05) is 25.7 Å². The molecule has 1 amide bonds. The van der Waals surface area contributed by atoms with E-state index in [1.54, 1.807) is 0 Å². The molecule has 1 heterocycles. The molecule has 0 saturated carbocycles. The van der Waals surface area contributed by atoms with Gasteiger partial charge >= 0.3 is 6.18 Å². The lowest BCUT2D eigenvalue weighted by molar-refractivity contribution is -0.137. The Kier molecular flexibility index (Phi) is 8.43. The summed E-state index contributed by atoms with van der Waals surface area (Å²) >= 11 is 0. The van der Waals surface area contributed by atoms with Crippen molar-refractivity contribution in [3.8, 4) is 0 Å². The summed E-state index contributed by atoms with van der Waals surface area (Å²) in [6, 6.07) is 2.22. The molecule has 0 saturated heterocycles. The zero-order chi connectivity index (χ0) is 17.1. The number of alkyl halides is 3. The van der Waals surface area contributed by atoms with Crippen LogP contribution in [0.5, 0.6) is 0 Å². The third-order valence-electron chi connectivity index (χ3n) is 3.36. The number of rotatable bonds is 10. The van der Waals surface area contributed by atoms with Crippen LogP contribution in [-0.4, -0.2) is 24.0 Å². The second-order valence-electron chi connectivity index (χ2n) is 5.34. The van der Waals surface area contributed by atoms with E-state index in [2.05, 4.69) is 22.5 Å². The van der Waals surface area contributed by atoms with Crippen molar-refractivity contribution in [2.24, 2.45) is 0 Å². The summed E-state index contributed by atoms with van der Waals surface area (Å²) < 4.78 is 38.3. The molecule has 0 unspecified atom stereocenters. The van der Waals surface area contributed by atoms with Crippen LogP contribution >= 0.6 is 0 Å². The summed E-state index contributed by atoms with van der Waals surface area (Å²) in [5.41, 5.74) is -0.803. The SMILES string of the molecule is CCCCCCCC(=O)NCCNc1ncccc1C(F)(F)F. The number of aromatic nitrogens is 1. The Hall–Kier alpha value is -1.79. The average Bonchev–Trinajstić information content (AvgIpc) is 2.51. The van der Waals surface area contributed by atoms with Crippen LogP contribution < -0.4 is 10.6 Å². The number of pyridine rings is 1. The van der Waals surface area contributed by atoms with E-state index in [1.165, 1.54) is 18.7 Å². The first-order chi connectivity index (χ1) is 10.9. The van der Waals surface area contributed by atoms with Crippen LogP contribution in [0.25, 0.3) is 0 Å². The predicted octanol–water partition coefficient (Wildman–Crippen LogP) is 3.99. The largest absolute Gasteiger partial charge is 0.419 e. The first kappa shape index (κ1) is 19.3. The first-order valence-corrected chi connectivity index (χ1v) is 7.98. The van der Waals surface area contributed by atoms with E-state index in [0.717, 1.165) is 31.7 Å². The van der Waals surface area contributed by atoms with Crippen molar-refractivity contribution in [2.45, 2.75) is 51.6 Å². The van der Waals surface area contributed by atoms with Gasteiger partial charge in [-0.25, -0.2) is 4.98 Å². The Labute approximate surface area is 134 Å². The van der Waals surface area contributed by atoms with E-state index >= 15 is 0 Å². The number of halogens is 3. The van der Waals surface area contributed by atoms with Gasteiger partial charge in [-0.3, -0.25) is 4.79 Å². The molecule has 0 aliphatic rings. The molecule has 2 N–H and O–H groups in total. The van der Waals surface area contributed by atoms with Gasteiger partial charge < -0.3 is 10.6 Å². The maximum atomic E-state index is 12.8. The van der Waals surface area contributed by atoms with E-state index in [4.69, 9.17) is 0 Å². The molecule has 0 atom stereocenters. The molecule has 0 bridgehead atoms. The highest BCUT2D eigenvalue weighted by molar-refractivity contribution is 5.75. The molecule has 0 fully saturated rings. The number of unbranched alkanes of at least 4 members (excludes halogenated alkanes) is 4. The Bertz CT molecular complexity index is 478. The molecule has 0 aromatic carbocycles. The van der Waals surface area contributed by atoms with Crippen LogP contribution in [0.4, 0.5) is 19.0 Å². The fourth-order valence-corrected chi connectivity index (χ4v) is 2.14. The van der Waals surface area contributed by atoms with Crippen LogP contribution in [0.1, 0.15) is 51.0 Å². The van der Waals surface area contributed by atoms with Gasteiger partial charge in [-0.2, -0.15) is 13.2 Å². The van der Waals surface area contributed by atoms with E-state index in [9.17, 15) is 18.0 Å². The summed E-state index contributed by atoms with van der Waals surface area (Å²) in [5, 5.41) is 5.30. The lowest BCUT2D eigenvalue weighted by Crippen LogP contribution is -2.29. The van der Waals surface area contributed by atoms with Crippen molar-refractivity contribution in [1.29, 1.82) is 0 Å². The smallest absolute Gasteiger partial charge is 0.368 e. The molecule has 7 heteroatoms. The Balaban J connectivity index is 2.24. The number of nitrogens with zero attached hydrogens (tertiary/aromatic N) is 1. The number of hydrogen-bond donors (Lipinski definition) is 2. The summed E-state index contributed by atoms with van der Waals surface area (Å²) in [7, 11) is 0. The molecule has 1 aromatic rings. The average molecular weight is 331 g/mol. The standard InChI is InChI=1S/C16H24F3N3O/c1-2-3-4-5-6-9-14(23)20-11-12-22-15-13(16(17,18)19)8-7-10-21-15/h7-8,10H,2-6,9,11-12H2,1H3,(H,20,23)(H,21,22). The molecular weight excluding hydrogens is 307 g/mol. The first-order valence-electron chi connectivity index (χ1n) is 7.98. The Morgan fingerprint density at radius 2 is 1.91 bits per heavy atom. The molecule has 130 valence electrons. The van der Waals surface area contributed by atoms with Crippen molar-refractivity contribution in [1.82, 2.24) is 10.3 Å². The maximum absolute atomic E-state index is 12.8. The third kappa shape index (κ3) is 7.85. The predicted molar refractivity (Wildman–Crippen MR) is 84.1 cm³/mol. The van der Waals surface area contributed by atoms with Gasteiger partial charge in [0.2, 0.25) is 5.91 Å². The molecule has 23 heavy (non-hydrogen) atoms. The second kappa shape index (κ2) is 10.1. The molecular formula is C16H24F3N3O. The van der Waals surface area contributed by atoms with Gasteiger partial charge in [0.05, 0.1) is 5.56 Å². The van der Waals surface area contributed by atoms with Crippen molar-refractivity contribution in [3.05, 3.63) is 23.9 Å². The van der Waals surface area contributed by atoms with Gasteiger partial charge in [0.15, 0.2) is 0 Å². The topological polar surface area (TPSA) is 54.0 Å². The highest BCUT2D eigenvalue weighted by Gasteiger charge is 2.33. The molecule has 0 aliphatic carbocycles. The molecule has 1 rings (SSSR count). The zero-order valence-electron chi connectivity index (χ0n) is 13.4. The lowest BCUT2D eigenvalue weighted by atomic mass is 10.1.